The summed E-state index contributed by atoms with van der Waals surface area (Å²) in [4.78, 5) is 27.7. The quantitative estimate of drug-likeness (QED) is 0.756. The van der Waals surface area contributed by atoms with E-state index in [9.17, 15) is 18.4 Å². The molecule has 0 saturated heterocycles. The number of rotatable bonds is 7. The van der Waals surface area contributed by atoms with Gasteiger partial charge in [0.25, 0.3) is 11.5 Å². The van der Waals surface area contributed by atoms with E-state index < -0.39 is 30.5 Å². The Hall–Kier alpha value is -3.28. The van der Waals surface area contributed by atoms with E-state index in [2.05, 4.69) is 10.3 Å². The van der Waals surface area contributed by atoms with Gasteiger partial charge in [0, 0.05) is 5.56 Å². The van der Waals surface area contributed by atoms with Crippen molar-refractivity contribution in [3.8, 4) is 6.07 Å². The lowest BCUT2D eigenvalue weighted by molar-refractivity contribution is -0.143. The van der Waals surface area contributed by atoms with Crippen molar-refractivity contribution in [1.82, 2.24) is 9.55 Å². The van der Waals surface area contributed by atoms with Crippen molar-refractivity contribution >= 4 is 11.8 Å². The van der Waals surface area contributed by atoms with E-state index >= 15 is 0 Å². The highest BCUT2D eigenvalue weighted by molar-refractivity contribution is 5.69. The number of hydrogen-bond acceptors (Lipinski definition) is 6. The topological polar surface area (TPSA) is 97.0 Å². The molecule has 0 unspecified atom stereocenters. The number of nitriles is 1. The van der Waals surface area contributed by atoms with E-state index in [-0.39, 0.29) is 23.7 Å². The van der Waals surface area contributed by atoms with Crippen LogP contribution >= 0.6 is 0 Å². The van der Waals surface area contributed by atoms with E-state index in [1.165, 1.54) is 24.3 Å². The lowest BCUT2D eigenvalue weighted by Crippen LogP contribution is -2.33. The smallest absolute Gasteiger partial charge is 0.326 e. The number of carbonyl (C=O) groups is 1. The zero-order chi connectivity index (χ0) is 19.2. The predicted molar refractivity (Wildman–Crippen MR) is 88.7 cm³/mol. The average molecular weight is 362 g/mol. The number of nitrogens with zero attached hydrogens (tertiary/aromatic N) is 3. The highest BCUT2D eigenvalue weighted by atomic mass is 19.3. The molecular weight excluding hydrogens is 346 g/mol. The van der Waals surface area contributed by atoms with Crippen LogP contribution in [0.25, 0.3) is 0 Å². The van der Waals surface area contributed by atoms with Gasteiger partial charge in [0.1, 0.15) is 18.3 Å². The molecular formula is C17H16F2N4O3. The maximum absolute atomic E-state index is 14.2. The highest BCUT2D eigenvalue weighted by Gasteiger charge is 2.31. The molecule has 0 aliphatic carbocycles. The molecule has 1 N–H and O–H groups in total. The molecule has 1 aromatic heterocycles. The van der Waals surface area contributed by atoms with Crippen LogP contribution < -0.4 is 10.9 Å². The molecule has 0 aliphatic heterocycles. The number of benzene rings is 1. The minimum atomic E-state index is -3.24. The molecule has 0 fully saturated rings. The van der Waals surface area contributed by atoms with Gasteiger partial charge in [-0.05, 0) is 6.92 Å². The Morgan fingerprint density at radius 2 is 2.08 bits per heavy atom. The first-order valence-corrected chi connectivity index (χ1v) is 7.71. The third-order valence-electron chi connectivity index (χ3n) is 3.44. The van der Waals surface area contributed by atoms with Crippen molar-refractivity contribution in [2.75, 3.05) is 18.5 Å². The number of esters is 1. The molecule has 7 nitrogen and oxygen atoms in total. The third-order valence-corrected chi connectivity index (χ3v) is 3.44. The Morgan fingerprint density at radius 1 is 1.38 bits per heavy atom. The Kier molecular flexibility index (Phi) is 6.01. The maximum atomic E-state index is 14.2. The molecule has 26 heavy (non-hydrogen) atoms. The van der Waals surface area contributed by atoms with E-state index in [1.807, 2.05) is 0 Å². The molecule has 0 bridgehead atoms. The van der Waals surface area contributed by atoms with Crippen molar-refractivity contribution in [1.29, 1.82) is 5.26 Å². The fraction of sp³-hybridized carbons (Fsp3) is 0.294. The van der Waals surface area contributed by atoms with Crippen LogP contribution in [-0.2, 0) is 22.0 Å². The molecule has 0 amide bonds. The molecule has 2 rings (SSSR count). The fourth-order valence-corrected chi connectivity index (χ4v) is 2.17. The first-order chi connectivity index (χ1) is 12.4. The summed E-state index contributed by atoms with van der Waals surface area (Å²) in [5, 5.41) is 11.3. The van der Waals surface area contributed by atoms with Crippen molar-refractivity contribution in [2.24, 2.45) is 0 Å². The minimum Gasteiger partial charge on any atom is -0.465 e. The molecule has 0 radical (unpaired) electrons. The first kappa shape index (κ1) is 19.1. The van der Waals surface area contributed by atoms with Crippen molar-refractivity contribution in [2.45, 2.75) is 19.4 Å². The summed E-state index contributed by atoms with van der Waals surface area (Å²) in [5.41, 5.74) is -1.25. The van der Waals surface area contributed by atoms with E-state index in [0.29, 0.717) is 0 Å². The zero-order valence-corrected chi connectivity index (χ0v) is 13.9. The lowest BCUT2D eigenvalue weighted by Gasteiger charge is -2.18. The second kappa shape index (κ2) is 8.20. The van der Waals surface area contributed by atoms with Crippen molar-refractivity contribution in [3.05, 3.63) is 58.1 Å². The third kappa shape index (κ3) is 4.42. The van der Waals surface area contributed by atoms with Crippen LogP contribution in [0.2, 0.25) is 0 Å². The summed E-state index contributed by atoms with van der Waals surface area (Å²) in [6.07, 6.45) is 1.03. The molecule has 0 saturated carbocycles. The fourth-order valence-electron chi connectivity index (χ4n) is 2.17. The Bertz CT molecular complexity index is 876. The van der Waals surface area contributed by atoms with Crippen LogP contribution in [0.15, 0.2) is 41.3 Å². The number of halogens is 2. The second-order valence-corrected chi connectivity index (χ2v) is 5.22. The monoisotopic (exact) mass is 362 g/mol. The maximum Gasteiger partial charge on any atom is 0.326 e. The van der Waals surface area contributed by atoms with E-state index in [1.54, 1.807) is 19.1 Å². The Labute approximate surface area is 147 Å². The number of nitrogens with one attached hydrogen (secondary N) is 1. The van der Waals surface area contributed by atoms with Crippen LogP contribution in [0.1, 0.15) is 18.2 Å². The van der Waals surface area contributed by atoms with Crippen LogP contribution in [-0.4, -0.2) is 28.7 Å². The molecule has 0 atom stereocenters. The van der Waals surface area contributed by atoms with Gasteiger partial charge >= 0.3 is 5.97 Å². The van der Waals surface area contributed by atoms with E-state index in [0.717, 1.165) is 10.8 Å². The van der Waals surface area contributed by atoms with Gasteiger partial charge in [0.15, 0.2) is 5.82 Å². The molecule has 1 aromatic carbocycles. The summed E-state index contributed by atoms with van der Waals surface area (Å²) in [7, 11) is 0. The second-order valence-electron chi connectivity index (χ2n) is 5.22. The summed E-state index contributed by atoms with van der Waals surface area (Å²) in [6.45, 7) is 0.318. The summed E-state index contributed by atoms with van der Waals surface area (Å²) in [5.74, 6) is -4.35. The Balaban J connectivity index is 2.24. The summed E-state index contributed by atoms with van der Waals surface area (Å²) < 4.78 is 34.0. The first-order valence-electron chi connectivity index (χ1n) is 7.71. The lowest BCUT2D eigenvalue weighted by atomic mass is 10.1. The summed E-state index contributed by atoms with van der Waals surface area (Å²) >= 11 is 0. The van der Waals surface area contributed by atoms with E-state index in [4.69, 9.17) is 10.00 Å². The highest BCUT2D eigenvalue weighted by Crippen LogP contribution is 2.27. The number of anilines is 1. The van der Waals surface area contributed by atoms with Gasteiger partial charge < -0.3 is 10.1 Å². The number of alkyl halides is 2. The van der Waals surface area contributed by atoms with Crippen LogP contribution in [0.4, 0.5) is 14.6 Å². The normalized spacial score (nSPS) is 10.8. The zero-order valence-electron chi connectivity index (χ0n) is 13.9. The van der Waals surface area contributed by atoms with Crippen molar-refractivity contribution in [3.63, 3.8) is 0 Å². The SMILES string of the molecule is CCOC(=O)Cn1c(C#N)cnc(NCC(F)(F)c2ccccc2)c1=O. The molecule has 2 aromatic rings. The van der Waals surface area contributed by atoms with Gasteiger partial charge in [-0.2, -0.15) is 14.0 Å². The van der Waals surface area contributed by atoms with Gasteiger partial charge in [0.05, 0.1) is 19.3 Å². The van der Waals surface area contributed by atoms with Gasteiger partial charge in [-0.25, -0.2) is 4.98 Å². The van der Waals surface area contributed by atoms with Crippen LogP contribution in [0, 0.1) is 11.3 Å². The van der Waals surface area contributed by atoms with Gasteiger partial charge in [0.2, 0.25) is 0 Å². The minimum absolute atomic E-state index is 0.106. The number of carbonyl (C=O) groups excluding carboxylic acids is 1. The predicted octanol–water partition coefficient (Wildman–Crippen LogP) is 1.88. The molecule has 0 aliphatic rings. The molecule has 0 spiro atoms. The largest absolute Gasteiger partial charge is 0.465 e. The van der Waals surface area contributed by atoms with Gasteiger partial charge in [-0.1, -0.05) is 30.3 Å². The van der Waals surface area contributed by atoms with Crippen molar-refractivity contribution < 1.29 is 18.3 Å². The van der Waals surface area contributed by atoms with Crippen LogP contribution in [0.3, 0.4) is 0 Å². The molecule has 1 heterocycles. The number of ether oxygens (including phenoxy) is 1. The average Bonchev–Trinajstić information content (AvgIpc) is 2.63. The summed E-state index contributed by atoms with van der Waals surface area (Å²) in [6, 6.07) is 8.85. The Morgan fingerprint density at radius 3 is 2.69 bits per heavy atom. The number of aromatic nitrogens is 2. The standard InChI is InChI=1S/C17H16F2N4O3/c1-2-26-14(24)10-23-13(8-20)9-21-15(16(23)25)22-11-17(18,19)12-6-4-3-5-7-12/h3-7,9H,2,10-11H2,1H3,(H,21,22). The van der Waals surface area contributed by atoms with Gasteiger partial charge in [-0.3, -0.25) is 14.2 Å². The van der Waals surface area contributed by atoms with Crippen LogP contribution in [0.5, 0.6) is 0 Å². The molecule has 9 heteroatoms. The molecule has 136 valence electrons. The van der Waals surface area contributed by atoms with Gasteiger partial charge in [-0.15, -0.1) is 0 Å². The number of hydrogen-bond donors (Lipinski definition) is 1.